The number of hydrogen-bond acceptors (Lipinski definition) is 0. The molecule has 11 rings (SSSR count). The second-order valence-electron chi connectivity index (χ2n) is 14.5. The van der Waals surface area contributed by atoms with Crippen LogP contribution in [-0.2, 0) is 0 Å². The summed E-state index contributed by atoms with van der Waals surface area (Å²) in [6, 6.07) is 77.8. The molecule has 10 aromatic carbocycles. The maximum absolute atomic E-state index is 2.40. The number of para-hydroxylation sites is 2. The minimum absolute atomic E-state index is 1.16. The molecule has 1 heteroatoms. The van der Waals surface area contributed by atoms with Crippen LogP contribution in [0.15, 0.2) is 212 Å². The molecule has 0 bridgehead atoms. The molecule has 11 aromatic rings. The summed E-state index contributed by atoms with van der Waals surface area (Å²) in [5.41, 5.74) is 13.2. The van der Waals surface area contributed by atoms with Crippen molar-refractivity contribution in [3.8, 4) is 50.2 Å². The Morgan fingerprint density at radius 1 is 0.200 bits per heavy atom. The first-order valence-corrected chi connectivity index (χ1v) is 19.0. The first kappa shape index (κ1) is 31.3. The molecule has 0 saturated heterocycles. The monoisotopic (exact) mass is 697 g/mol. The summed E-state index contributed by atoms with van der Waals surface area (Å²) in [4.78, 5) is 0. The van der Waals surface area contributed by atoms with Gasteiger partial charge < -0.3 is 4.57 Å². The van der Waals surface area contributed by atoms with Gasteiger partial charge in [-0.3, -0.25) is 0 Å². The smallest absolute Gasteiger partial charge is 0.0547 e. The Bertz CT molecular complexity index is 3190. The van der Waals surface area contributed by atoms with E-state index < -0.39 is 0 Å². The fraction of sp³-hybridized carbons (Fsp3) is 0. The lowest BCUT2D eigenvalue weighted by atomic mass is 9.89. The van der Waals surface area contributed by atoms with Gasteiger partial charge in [-0.2, -0.15) is 0 Å². The third-order valence-electron chi connectivity index (χ3n) is 11.4. The van der Waals surface area contributed by atoms with Crippen molar-refractivity contribution < 1.29 is 0 Å². The third kappa shape index (κ3) is 5.24. The first-order valence-electron chi connectivity index (χ1n) is 19.0. The third-order valence-corrected chi connectivity index (χ3v) is 11.4. The average Bonchev–Trinajstić information content (AvgIpc) is 3.60. The predicted octanol–water partition coefficient (Wildman–Crippen LogP) is 14.9. The highest BCUT2D eigenvalue weighted by molar-refractivity contribution is 6.25. The van der Waals surface area contributed by atoms with Gasteiger partial charge in [0, 0.05) is 16.5 Å². The number of fused-ring (bicyclic) bond motifs is 9. The lowest BCUT2D eigenvalue weighted by Gasteiger charge is -2.15. The average molecular weight is 698 g/mol. The summed E-state index contributed by atoms with van der Waals surface area (Å²) < 4.78 is 2.40. The minimum Gasteiger partial charge on any atom is -0.309 e. The van der Waals surface area contributed by atoms with Crippen LogP contribution in [0.5, 0.6) is 0 Å². The highest BCUT2D eigenvalue weighted by Gasteiger charge is 2.16. The fourth-order valence-electron chi connectivity index (χ4n) is 8.71. The van der Waals surface area contributed by atoms with Crippen molar-refractivity contribution in [3.05, 3.63) is 212 Å². The van der Waals surface area contributed by atoms with Crippen LogP contribution < -0.4 is 0 Å². The molecule has 0 N–H and O–H groups in total. The number of hydrogen-bond donors (Lipinski definition) is 0. The highest BCUT2D eigenvalue weighted by atomic mass is 15.0. The van der Waals surface area contributed by atoms with Crippen molar-refractivity contribution >= 4 is 54.1 Å². The van der Waals surface area contributed by atoms with Crippen LogP contribution in [0.1, 0.15) is 0 Å². The molecule has 0 aliphatic rings. The molecule has 55 heavy (non-hydrogen) atoms. The lowest BCUT2D eigenvalue weighted by molar-refractivity contribution is 1.18. The summed E-state index contributed by atoms with van der Waals surface area (Å²) in [7, 11) is 0. The van der Waals surface area contributed by atoms with E-state index in [4.69, 9.17) is 0 Å². The molecule has 1 aromatic heterocycles. The van der Waals surface area contributed by atoms with Crippen molar-refractivity contribution in [3.63, 3.8) is 0 Å². The van der Waals surface area contributed by atoms with E-state index in [1.165, 1.54) is 98.6 Å². The molecule has 256 valence electrons. The van der Waals surface area contributed by atoms with Gasteiger partial charge in [0.2, 0.25) is 0 Å². The molecule has 0 aliphatic carbocycles. The zero-order valence-electron chi connectivity index (χ0n) is 30.2. The van der Waals surface area contributed by atoms with Crippen LogP contribution in [0.25, 0.3) is 104 Å². The molecule has 0 spiro atoms. The standard InChI is InChI=1S/C54H35N/c1-3-13-36(14-4-1)37-23-25-38(26-24-37)41-31-42(39-27-29-49-47-19-8-7-17-45(47)46-18-9-10-20-48(46)52(49)34-39)33-43(32-41)40-28-30-51-50-21-11-12-22-53(50)55(54(51)35-40)44-15-5-2-6-16-44/h1-35H. The van der Waals surface area contributed by atoms with Crippen molar-refractivity contribution in [2.24, 2.45) is 0 Å². The number of benzene rings is 10. The summed E-state index contributed by atoms with van der Waals surface area (Å²) in [5.74, 6) is 0. The van der Waals surface area contributed by atoms with Gasteiger partial charge in [0.25, 0.3) is 0 Å². The van der Waals surface area contributed by atoms with E-state index in [1.807, 2.05) is 0 Å². The summed E-state index contributed by atoms with van der Waals surface area (Å²) in [6.07, 6.45) is 0. The second kappa shape index (κ2) is 12.7. The molecule has 0 saturated carbocycles. The highest BCUT2D eigenvalue weighted by Crippen LogP contribution is 2.41. The van der Waals surface area contributed by atoms with Crippen molar-refractivity contribution in [2.45, 2.75) is 0 Å². The molecule has 1 nitrogen and oxygen atoms in total. The SMILES string of the molecule is c1ccc(-c2ccc(-c3cc(-c4ccc5c6ccccc6c6ccccc6c5c4)cc(-c4ccc5c6ccccc6n(-c6ccccc6)c5c4)c3)cc2)cc1. The molecule has 1 heterocycles. The van der Waals surface area contributed by atoms with Crippen LogP contribution in [-0.4, -0.2) is 4.57 Å². The number of nitrogens with zero attached hydrogens (tertiary/aromatic N) is 1. The maximum atomic E-state index is 2.40. The van der Waals surface area contributed by atoms with Crippen LogP contribution in [0.4, 0.5) is 0 Å². The Morgan fingerprint density at radius 2 is 0.582 bits per heavy atom. The summed E-state index contributed by atoms with van der Waals surface area (Å²) in [5, 5.41) is 10.2. The molecule has 0 aliphatic heterocycles. The zero-order valence-corrected chi connectivity index (χ0v) is 30.2. The molecule has 0 atom stereocenters. The van der Waals surface area contributed by atoms with Gasteiger partial charge in [0.05, 0.1) is 11.0 Å². The van der Waals surface area contributed by atoms with E-state index in [0.29, 0.717) is 0 Å². The number of rotatable bonds is 5. The fourth-order valence-corrected chi connectivity index (χ4v) is 8.71. The van der Waals surface area contributed by atoms with E-state index in [9.17, 15) is 0 Å². The molecule has 0 radical (unpaired) electrons. The van der Waals surface area contributed by atoms with E-state index in [1.54, 1.807) is 0 Å². The van der Waals surface area contributed by atoms with E-state index in [0.717, 1.165) is 5.69 Å². The summed E-state index contributed by atoms with van der Waals surface area (Å²) in [6.45, 7) is 0. The van der Waals surface area contributed by atoms with Crippen LogP contribution >= 0.6 is 0 Å². The summed E-state index contributed by atoms with van der Waals surface area (Å²) >= 11 is 0. The van der Waals surface area contributed by atoms with Crippen LogP contribution in [0.3, 0.4) is 0 Å². The topological polar surface area (TPSA) is 4.93 Å². The Balaban J connectivity index is 1.13. The van der Waals surface area contributed by atoms with Crippen LogP contribution in [0, 0.1) is 0 Å². The van der Waals surface area contributed by atoms with Crippen molar-refractivity contribution in [1.29, 1.82) is 0 Å². The van der Waals surface area contributed by atoms with E-state index in [2.05, 4.69) is 217 Å². The quantitative estimate of drug-likeness (QED) is 0.158. The van der Waals surface area contributed by atoms with Crippen molar-refractivity contribution in [1.82, 2.24) is 4.57 Å². The Labute approximate surface area is 320 Å². The van der Waals surface area contributed by atoms with E-state index in [-0.39, 0.29) is 0 Å². The lowest BCUT2D eigenvalue weighted by Crippen LogP contribution is -1.93. The van der Waals surface area contributed by atoms with Gasteiger partial charge in [-0.05, 0) is 125 Å². The van der Waals surface area contributed by atoms with Gasteiger partial charge in [0.15, 0.2) is 0 Å². The molecule has 0 unspecified atom stereocenters. The Hall–Kier alpha value is -7.22. The first-order chi connectivity index (χ1) is 27.3. The second-order valence-corrected chi connectivity index (χ2v) is 14.5. The normalized spacial score (nSPS) is 11.6. The molecular weight excluding hydrogens is 663 g/mol. The largest absolute Gasteiger partial charge is 0.309 e. The Kier molecular flexibility index (Phi) is 7.25. The van der Waals surface area contributed by atoms with Gasteiger partial charge in [0.1, 0.15) is 0 Å². The minimum atomic E-state index is 1.16. The van der Waals surface area contributed by atoms with E-state index >= 15 is 0 Å². The molecule has 0 fully saturated rings. The Morgan fingerprint density at radius 3 is 1.20 bits per heavy atom. The van der Waals surface area contributed by atoms with Crippen molar-refractivity contribution in [2.75, 3.05) is 0 Å². The zero-order chi connectivity index (χ0) is 36.3. The van der Waals surface area contributed by atoms with Gasteiger partial charge in [-0.15, -0.1) is 0 Å². The predicted molar refractivity (Wildman–Crippen MR) is 235 cm³/mol. The van der Waals surface area contributed by atoms with Gasteiger partial charge >= 0.3 is 0 Å². The van der Waals surface area contributed by atoms with Gasteiger partial charge in [-0.1, -0.05) is 164 Å². The van der Waals surface area contributed by atoms with Gasteiger partial charge in [-0.25, -0.2) is 0 Å². The maximum Gasteiger partial charge on any atom is 0.0547 e. The molecular formula is C54H35N. The number of aromatic nitrogens is 1. The van der Waals surface area contributed by atoms with Crippen LogP contribution in [0.2, 0.25) is 0 Å². The molecule has 0 amide bonds.